The molecular weight excluding hydrogens is 427 g/mol. The summed E-state index contributed by atoms with van der Waals surface area (Å²) in [5.41, 5.74) is 3.45. The van der Waals surface area contributed by atoms with E-state index >= 15 is 0 Å². The van der Waals surface area contributed by atoms with Gasteiger partial charge in [0, 0.05) is 10.0 Å². The number of benzene rings is 3. The average Bonchev–Trinajstić information content (AvgIpc) is 2.69. The van der Waals surface area contributed by atoms with E-state index in [0.717, 1.165) is 4.47 Å². The van der Waals surface area contributed by atoms with Crippen molar-refractivity contribution in [3.05, 3.63) is 99.8 Å². The van der Waals surface area contributed by atoms with Gasteiger partial charge in [0.05, 0.1) is 11.8 Å². The molecule has 3 aromatic rings. The van der Waals surface area contributed by atoms with Crippen LogP contribution in [-0.4, -0.2) is 18.1 Å². The third-order valence-electron chi connectivity index (χ3n) is 3.65. The van der Waals surface area contributed by atoms with Crippen LogP contribution in [0.25, 0.3) is 0 Å². The highest BCUT2D eigenvalue weighted by Gasteiger charge is 2.13. The van der Waals surface area contributed by atoms with Gasteiger partial charge in [0.15, 0.2) is 0 Å². The normalized spacial score (nSPS) is 10.6. The lowest BCUT2D eigenvalue weighted by Crippen LogP contribution is -2.17. The standard InChI is InChI=1S/C21H14BrFN2O3/c22-16-5-3-4-15(12-16)20(26)25-24-13-14-8-10-17(11-9-14)28-21(27)18-6-1-2-7-19(18)23/h1-13H,(H,25,26)/b24-13-. The number of carbonyl (C=O) groups excluding carboxylic acids is 2. The molecule has 3 aromatic carbocycles. The van der Waals surface area contributed by atoms with Crippen LogP contribution in [0.1, 0.15) is 26.3 Å². The second-order valence-electron chi connectivity index (χ2n) is 5.65. The van der Waals surface area contributed by atoms with Crippen LogP contribution in [0.4, 0.5) is 4.39 Å². The molecule has 0 spiro atoms. The van der Waals surface area contributed by atoms with E-state index in [9.17, 15) is 14.0 Å². The van der Waals surface area contributed by atoms with Crippen LogP contribution in [0, 0.1) is 5.82 Å². The number of nitrogens with one attached hydrogen (secondary N) is 1. The van der Waals surface area contributed by atoms with E-state index in [0.29, 0.717) is 11.1 Å². The number of amides is 1. The molecule has 7 heteroatoms. The Balaban J connectivity index is 1.58. The molecule has 0 bridgehead atoms. The molecule has 0 saturated carbocycles. The maximum Gasteiger partial charge on any atom is 0.346 e. The van der Waals surface area contributed by atoms with Crippen LogP contribution >= 0.6 is 15.9 Å². The molecule has 1 amide bonds. The van der Waals surface area contributed by atoms with Crippen molar-refractivity contribution in [2.75, 3.05) is 0 Å². The van der Waals surface area contributed by atoms with Gasteiger partial charge in [-0.25, -0.2) is 14.6 Å². The fourth-order valence-electron chi connectivity index (χ4n) is 2.27. The van der Waals surface area contributed by atoms with E-state index in [2.05, 4.69) is 26.5 Å². The van der Waals surface area contributed by atoms with Gasteiger partial charge in [-0.2, -0.15) is 5.10 Å². The van der Waals surface area contributed by atoms with Gasteiger partial charge in [0.25, 0.3) is 5.91 Å². The van der Waals surface area contributed by atoms with Gasteiger partial charge in [-0.1, -0.05) is 34.1 Å². The van der Waals surface area contributed by atoms with Gasteiger partial charge in [-0.15, -0.1) is 0 Å². The number of esters is 1. The van der Waals surface area contributed by atoms with Gasteiger partial charge < -0.3 is 4.74 Å². The van der Waals surface area contributed by atoms with Crippen molar-refractivity contribution < 1.29 is 18.7 Å². The van der Waals surface area contributed by atoms with E-state index in [1.807, 2.05) is 6.07 Å². The fourth-order valence-corrected chi connectivity index (χ4v) is 2.67. The van der Waals surface area contributed by atoms with E-state index in [4.69, 9.17) is 4.74 Å². The quantitative estimate of drug-likeness (QED) is 0.273. The molecule has 0 atom stereocenters. The highest BCUT2D eigenvalue weighted by atomic mass is 79.9. The first-order valence-electron chi connectivity index (χ1n) is 8.19. The number of rotatable bonds is 5. The smallest absolute Gasteiger partial charge is 0.346 e. The van der Waals surface area contributed by atoms with Gasteiger partial charge in [-0.3, -0.25) is 4.79 Å². The number of hydrazone groups is 1. The molecule has 0 saturated heterocycles. The van der Waals surface area contributed by atoms with Crippen molar-refractivity contribution in [3.63, 3.8) is 0 Å². The molecule has 0 fully saturated rings. The lowest BCUT2D eigenvalue weighted by Gasteiger charge is -2.05. The summed E-state index contributed by atoms with van der Waals surface area (Å²) >= 11 is 3.30. The lowest BCUT2D eigenvalue weighted by atomic mass is 10.2. The van der Waals surface area contributed by atoms with Crippen molar-refractivity contribution in [1.29, 1.82) is 0 Å². The van der Waals surface area contributed by atoms with Crippen molar-refractivity contribution in [1.82, 2.24) is 5.43 Å². The number of nitrogens with zero attached hydrogens (tertiary/aromatic N) is 1. The molecule has 0 aliphatic rings. The first kappa shape index (κ1) is 19.4. The Morgan fingerprint density at radius 3 is 2.46 bits per heavy atom. The zero-order valence-corrected chi connectivity index (χ0v) is 16.0. The zero-order chi connectivity index (χ0) is 19.9. The second-order valence-corrected chi connectivity index (χ2v) is 6.56. The maximum atomic E-state index is 13.6. The van der Waals surface area contributed by atoms with Gasteiger partial charge in [0.2, 0.25) is 0 Å². The van der Waals surface area contributed by atoms with Crippen LogP contribution in [0.15, 0.2) is 82.4 Å². The maximum absolute atomic E-state index is 13.6. The summed E-state index contributed by atoms with van der Waals surface area (Å²) in [7, 11) is 0. The van der Waals surface area contributed by atoms with Gasteiger partial charge in [-0.05, 0) is 60.2 Å². The van der Waals surface area contributed by atoms with Gasteiger partial charge >= 0.3 is 5.97 Å². The summed E-state index contributed by atoms with van der Waals surface area (Å²) in [6.45, 7) is 0. The first-order chi connectivity index (χ1) is 13.5. The molecule has 0 radical (unpaired) electrons. The number of ether oxygens (including phenoxy) is 1. The molecule has 28 heavy (non-hydrogen) atoms. The topological polar surface area (TPSA) is 67.8 Å². The predicted octanol–water partition coefficient (Wildman–Crippen LogP) is 4.57. The highest BCUT2D eigenvalue weighted by molar-refractivity contribution is 9.10. The van der Waals surface area contributed by atoms with Crippen molar-refractivity contribution in [3.8, 4) is 5.75 Å². The van der Waals surface area contributed by atoms with Crippen LogP contribution in [0.3, 0.4) is 0 Å². The number of hydrogen-bond donors (Lipinski definition) is 1. The first-order valence-corrected chi connectivity index (χ1v) is 8.98. The summed E-state index contributed by atoms with van der Waals surface area (Å²) in [5.74, 6) is -1.49. The zero-order valence-electron chi connectivity index (χ0n) is 14.4. The number of hydrogen-bond acceptors (Lipinski definition) is 4. The van der Waals surface area contributed by atoms with E-state index < -0.39 is 11.8 Å². The third-order valence-corrected chi connectivity index (χ3v) is 4.14. The SMILES string of the molecule is O=C(N/N=C\c1ccc(OC(=O)c2ccccc2F)cc1)c1cccc(Br)c1. The summed E-state index contributed by atoms with van der Waals surface area (Å²) < 4.78 is 19.5. The fraction of sp³-hybridized carbons (Fsp3) is 0. The van der Waals surface area contributed by atoms with Crippen molar-refractivity contribution in [2.45, 2.75) is 0 Å². The molecule has 0 heterocycles. The monoisotopic (exact) mass is 440 g/mol. The van der Waals surface area contributed by atoms with Crippen molar-refractivity contribution in [2.24, 2.45) is 5.10 Å². The number of halogens is 2. The van der Waals surface area contributed by atoms with Crippen LogP contribution in [-0.2, 0) is 0 Å². The Hall–Kier alpha value is -3.32. The van der Waals surface area contributed by atoms with Crippen LogP contribution < -0.4 is 10.2 Å². The molecule has 3 rings (SSSR count). The molecule has 140 valence electrons. The minimum atomic E-state index is -0.777. The second kappa shape index (κ2) is 9.05. The largest absolute Gasteiger partial charge is 0.423 e. The predicted molar refractivity (Wildman–Crippen MR) is 107 cm³/mol. The average molecular weight is 441 g/mol. The Morgan fingerprint density at radius 1 is 1.00 bits per heavy atom. The molecular formula is C21H14BrFN2O3. The molecule has 0 unspecified atom stereocenters. The number of carbonyl (C=O) groups is 2. The summed E-state index contributed by atoms with van der Waals surface area (Å²) in [5, 5.41) is 3.90. The highest BCUT2D eigenvalue weighted by Crippen LogP contribution is 2.15. The minimum absolute atomic E-state index is 0.136. The molecule has 0 aliphatic carbocycles. The lowest BCUT2D eigenvalue weighted by molar-refractivity contribution is 0.0729. The molecule has 0 aliphatic heterocycles. The molecule has 1 N–H and O–H groups in total. The van der Waals surface area contributed by atoms with Gasteiger partial charge in [0.1, 0.15) is 11.6 Å². The van der Waals surface area contributed by atoms with E-state index in [1.54, 1.807) is 48.5 Å². The third kappa shape index (κ3) is 5.11. The molecule has 0 aromatic heterocycles. The van der Waals surface area contributed by atoms with Crippen LogP contribution in [0.5, 0.6) is 5.75 Å². The Labute approximate surface area is 169 Å². The summed E-state index contributed by atoms with van der Waals surface area (Å²) in [6.07, 6.45) is 1.46. The minimum Gasteiger partial charge on any atom is -0.423 e. The van der Waals surface area contributed by atoms with E-state index in [-0.39, 0.29) is 17.2 Å². The summed E-state index contributed by atoms with van der Waals surface area (Å²) in [6, 6.07) is 18.9. The molecule has 5 nitrogen and oxygen atoms in total. The Kier molecular flexibility index (Phi) is 6.29. The Bertz CT molecular complexity index is 1040. The van der Waals surface area contributed by atoms with E-state index in [1.165, 1.54) is 24.4 Å². The van der Waals surface area contributed by atoms with Crippen LogP contribution in [0.2, 0.25) is 0 Å². The summed E-state index contributed by atoms with van der Waals surface area (Å²) in [4.78, 5) is 24.0. The Morgan fingerprint density at radius 2 is 1.75 bits per heavy atom. The van der Waals surface area contributed by atoms with Crippen molar-refractivity contribution >= 4 is 34.0 Å².